The molecule has 1 saturated heterocycles. The number of oxime groups is 1. The SMILES string of the molecule is Cl.FC(F)(F)c1ccccc1-c1cc(Cl)c2nc(C3=NOC4(CCOCC4)C3)[nH]c2c1. The molecule has 3 aromatic rings. The maximum Gasteiger partial charge on any atom is 0.417 e. The van der Waals surface area contributed by atoms with Crippen molar-refractivity contribution in [2.24, 2.45) is 5.16 Å². The summed E-state index contributed by atoms with van der Waals surface area (Å²) in [5.74, 6) is 0.511. The average Bonchev–Trinajstić information content (AvgIpc) is 3.33. The van der Waals surface area contributed by atoms with Gasteiger partial charge in [-0.2, -0.15) is 13.2 Å². The predicted octanol–water partition coefficient (Wildman–Crippen LogP) is 6.00. The van der Waals surface area contributed by atoms with E-state index in [1.165, 1.54) is 18.2 Å². The van der Waals surface area contributed by atoms with Gasteiger partial charge in [0.2, 0.25) is 0 Å². The van der Waals surface area contributed by atoms with Gasteiger partial charge in [0.25, 0.3) is 0 Å². The third-order valence-corrected chi connectivity index (χ3v) is 5.89. The predicted molar refractivity (Wildman–Crippen MR) is 114 cm³/mol. The Morgan fingerprint density at radius 1 is 1.10 bits per heavy atom. The lowest BCUT2D eigenvalue weighted by atomic mass is 9.89. The number of halogens is 5. The van der Waals surface area contributed by atoms with E-state index < -0.39 is 11.7 Å². The number of nitrogens with one attached hydrogen (secondary N) is 1. The van der Waals surface area contributed by atoms with Gasteiger partial charge in [0.05, 0.1) is 29.3 Å². The molecule has 2 aliphatic heterocycles. The molecule has 5 nitrogen and oxygen atoms in total. The molecular formula is C21H18Cl2F3N3O2. The number of aromatic amines is 1. The van der Waals surface area contributed by atoms with Crippen molar-refractivity contribution in [3.63, 3.8) is 0 Å². The molecule has 1 spiro atoms. The van der Waals surface area contributed by atoms with Crippen LogP contribution in [0.15, 0.2) is 41.6 Å². The van der Waals surface area contributed by atoms with E-state index in [4.69, 9.17) is 21.2 Å². The van der Waals surface area contributed by atoms with Crippen LogP contribution in [0.3, 0.4) is 0 Å². The molecule has 1 fully saturated rings. The summed E-state index contributed by atoms with van der Waals surface area (Å²) in [6.07, 6.45) is -2.37. The Bertz CT molecular complexity index is 1150. The zero-order valence-corrected chi connectivity index (χ0v) is 17.7. The van der Waals surface area contributed by atoms with E-state index in [0.717, 1.165) is 18.9 Å². The fourth-order valence-corrected chi connectivity index (χ4v) is 4.27. The van der Waals surface area contributed by atoms with E-state index in [1.54, 1.807) is 12.1 Å². The molecule has 1 N–H and O–H groups in total. The number of fused-ring (bicyclic) bond motifs is 1. The molecule has 164 valence electrons. The molecule has 10 heteroatoms. The standard InChI is InChI=1S/C21H17ClF3N3O2.ClH/c22-15-9-12(13-3-1-2-4-14(13)21(23,24)25)10-16-18(15)27-19(26-16)17-11-20(30-28-17)5-7-29-8-6-20;/h1-4,9-10H,5-8,11H2,(H,26,27);1H. The Hall–Kier alpha value is -2.29. The first-order valence-corrected chi connectivity index (χ1v) is 9.92. The number of alkyl halides is 3. The van der Waals surface area contributed by atoms with Crippen molar-refractivity contribution in [3.8, 4) is 11.1 Å². The smallest absolute Gasteiger partial charge is 0.388 e. The second kappa shape index (κ2) is 8.00. The van der Waals surface area contributed by atoms with Crippen molar-refractivity contribution in [3.05, 3.63) is 52.8 Å². The molecule has 0 unspecified atom stereocenters. The third-order valence-electron chi connectivity index (χ3n) is 5.60. The topological polar surface area (TPSA) is 59.5 Å². The summed E-state index contributed by atoms with van der Waals surface area (Å²) >= 11 is 6.39. The van der Waals surface area contributed by atoms with Crippen molar-refractivity contribution >= 4 is 40.8 Å². The Morgan fingerprint density at radius 2 is 1.84 bits per heavy atom. The summed E-state index contributed by atoms with van der Waals surface area (Å²) < 4.78 is 45.7. The summed E-state index contributed by atoms with van der Waals surface area (Å²) in [6.45, 7) is 1.24. The number of hydrogen-bond donors (Lipinski definition) is 1. The minimum Gasteiger partial charge on any atom is -0.388 e. The summed E-state index contributed by atoms with van der Waals surface area (Å²) in [6, 6.07) is 8.56. The van der Waals surface area contributed by atoms with Gasteiger partial charge in [0.15, 0.2) is 5.82 Å². The van der Waals surface area contributed by atoms with Crippen LogP contribution in [-0.2, 0) is 15.8 Å². The van der Waals surface area contributed by atoms with Crippen LogP contribution in [0, 0.1) is 0 Å². The van der Waals surface area contributed by atoms with Crippen LogP contribution in [0.1, 0.15) is 30.7 Å². The van der Waals surface area contributed by atoms with Crippen LogP contribution in [-0.4, -0.2) is 34.5 Å². The zero-order valence-electron chi connectivity index (χ0n) is 16.1. The van der Waals surface area contributed by atoms with E-state index in [2.05, 4.69) is 15.1 Å². The first-order valence-electron chi connectivity index (χ1n) is 9.54. The molecule has 0 aliphatic carbocycles. The van der Waals surface area contributed by atoms with Crippen LogP contribution < -0.4 is 0 Å². The Kier molecular flexibility index (Phi) is 5.66. The maximum absolute atomic E-state index is 13.4. The van der Waals surface area contributed by atoms with E-state index in [9.17, 15) is 13.2 Å². The highest BCUT2D eigenvalue weighted by molar-refractivity contribution is 6.35. The lowest BCUT2D eigenvalue weighted by molar-refractivity contribution is -0.137. The molecule has 31 heavy (non-hydrogen) atoms. The fraction of sp³-hybridized carbons (Fsp3) is 0.333. The van der Waals surface area contributed by atoms with Gasteiger partial charge in [0.1, 0.15) is 16.8 Å². The average molecular weight is 472 g/mol. The van der Waals surface area contributed by atoms with Crippen LogP contribution in [0.25, 0.3) is 22.2 Å². The van der Waals surface area contributed by atoms with E-state index in [1.807, 2.05) is 0 Å². The largest absolute Gasteiger partial charge is 0.417 e. The van der Waals surface area contributed by atoms with Crippen LogP contribution in [0.4, 0.5) is 13.2 Å². The number of benzene rings is 2. The van der Waals surface area contributed by atoms with Gasteiger partial charge in [0, 0.05) is 19.3 Å². The van der Waals surface area contributed by atoms with Gasteiger partial charge >= 0.3 is 6.18 Å². The zero-order chi connectivity index (χ0) is 20.9. The number of nitrogens with zero attached hydrogens (tertiary/aromatic N) is 2. The van der Waals surface area contributed by atoms with Gasteiger partial charge in [-0.1, -0.05) is 35.0 Å². The molecule has 3 heterocycles. The van der Waals surface area contributed by atoms with Gasteiger partial charge in [-0.3, -0.25) is 0 Å². The minimum atomic E-state index is -4.47. The highest BCUT2D eigenvalue weighted by Crippen LogP contribution is 2.40. The van der Waals surface area contributed by atoms with Crippen LogP contribution in [0.5, 0.6) is 0 Å². The molecule has 5 rings (SSSR count). The molecule has 0 bridgehead atoms. The fourth-order valence-electron chi connectivity index (χ4n) is 4.01. The summed E-state index contributed by atoms with van der Waals surface area (Å²) in [7, 11) is 0. The molecule has 0 radical (unpaired) electrons. The number of imidazole rings is 1. The first-order chi connectivity index (χ1) is 14.3. The van der Waals surface area contributed by atoms with E-state index >= 15 is 0 Å². The summed E-state index contributed by atoms with van der Waals surface area (Å²) in [5.41, 5.74) is 1.04. The molecular weight excluding hydrogens is 454 g/mol. The normalized spacial score (nSPS) is 18.0. The van der Waals surface area contributed by atoms with Gasteiger partial charge in [-0.15, -0.1) is 12.4 Å². The number of aromatic nitrogens is 2. The van der Waals surface area contributed by atoms with E-state index in [0.29, 0.717) is 47.8 Å². The monoisotopic (exact) mass is 471 g/mol. The highest BCUT2D eigenvalue weighted by atomic mass is 35.5. The van der Waals surface area contributed by atoms with Crippen molar-refractivity contribution < 1.29 is 22.7 Å². The first kappa shape index (κ1) is 21.9. The lowest BCUT2D eigenvalue weighted by Crippen LogP contribution is -2.36. The minimum absolute atomic E-state index is 0. The second-order valence-electron chi connectivity index (χ2n) is 7.58. The van der Waals surface area contributed by atoms with Crippen molar-refractivity contribution in [1.82, 2.24) is 9.97 Å². The van der Waals surface area contributed by atoms with Crippen LogP contribution >= 0.6 is 24.0 Å². The number of H-pyrrole nitrogens is 1. The van der Waals surface area contributed by atoms with Crippen LogP contribution in [0.2, 0.25) is 5.02 Å². The Balaban J connectivity index is 0.00000231. The van der Waals surface area contributed by atoms with Crippen molar-refractivity contribution in [2.45, 2.75) is 31.0 Å². The van der Waals surface area contributed by atoms with E-state index in [-0.39, 0.29) is 28.6 Å². The highest BCUT2D eigenvalue weighted by Gasteiger charge is 2.42. The van der Waals surface area contributed by atoms with Gasteiger partial charge in [-0.25, -0.2) is 4.98 Å². The number of hydrogen-bond acceptors (Lipinski definition) is 4. The third kappa shape index (κ3) is 4.00. The quantitative estimate of drug-likeness (QED) is 0.498. The summed E-state index contributed by atoms with van der Waals surface area (Å²) in [4.78, 5) is 13.4. The molecule has 2 aromatic carbocycles. The molecule has 1 aromatic heterocycles. The molecule has 0 saturated carbocycles. The van der Waals surface area contributed by atoms with Crippen molar-refractivity contribution in [2.75, 3.05) is 13.2 Å². The number of rotatable bonds is 2. The van der Waals surface area contributed by atoms with Gasteiger partial charge < -0.3 is 14.6 Å². The number of ether oxygens (including phenoxy) is 1. The maximum atomic E-state index is 13.4. The lowest BCUT2D eigenvalue weighted by Gasteiger charge is -2.30. The summed E-state index contributed by atoms with van der Waals surface area (Å²) in [5, 5.41) is 4.48. The van der Waals surface area contributed by atoms with Crippen molar-refractivity contribution in [1.29, 1.82) is 0 Å². The Morgan fingerprint density at radius 3 is 2.58 bits per heavy atom. The van der Waals surface area contributed by atoms with Gasteiger partial charge in [-0.05, 0) is 29.3 Å². The Labute approximate surface area is 187 Å². The molecule has 0 atom stereocenters. The molecule has 0 amide bonds. The second-order valence-corrected chi connectivity index (χ2v) is 7.99. The molecule has 2 aliphatic rings.